The second-order valence-corrected chi connectivity index (χ2v) is 9.47. The molecule has 0 fully saturated rings. The summed E-state index contributed by atoms with van der Waals surface area (Å²) < 4.78 is 22.2. The van der Waals surface area contributed by atoms with Gasteiger partial charge in [0.15, 0.2) is 11.6 Å². The number of nitrogens with zero attached hydrogens (tertiary/aromatic N) is 4. The summed E-state index contributed by atoms with van der Waals surface area (Å²) in [6, 6.07) is 15.7. The number of amides is 2. The maximum atomic E-state index is 15.0. The Morgan fingerprint density at radius 2 is 1.87 bits per heavy atom. The Kier molecular flexibility index (Phi) is 8.40. The minimum absolute atomic E-state index is 0.0715. The quantitative estimate of drug-likeness (QED) is 0.187. The van der Waals surface area contributed by atoms with Crippen molar-refractivity contribution in [2.45, 2.75) is 53.0 Å². The average Bonchev–Trinajstić information content (AvgIpc) is 3.36. The van der Waals surface area contributed by atoms with Crippen molar-refractivity contribution < 1.29 is 18.7 Å². The van der Waals surface area contributed by atoms with Crippen molar-refractivity contribution in [3.63, 3.8) is 0 Å². The highest BCUT2D eigenvalue weighted by Crippen LogP contribution is 2.33. The van der Waals surface area contributed by atoms with E-state index in [1.54, 1.807) is 42.9 Å². The Morgan fingerprint density at radius 3 is 2.51 bits per heavy atom. The van der Waals surface area contributed by atoms with Crippen LogP contribution in [-0.4, -0.2) is 39.1 Å². The molecule has 200 valence electrons. The minimum atomic E-state index is -0.590. The Morgan fingerprint density at radius 1 is 1.13 bits per heavy atom. The molecule has 1 unspecified atom stereocenters. The molecule has 2 amide bonds. The number of ether oxygens (including phenoxy) is 1. The number of carbonyl (C=O) groups is 2. The summed E-state index contributed by atoms with van der Waals surface area (Å²) >= 11 is 0. The lowest BCUT2D eigenvalue weighted by molar-refractivity contribution is -0.142. The zero-order valence-electron chi connectivity index (χ0n) is 22.6. The van der Waals surface area contributed by atoms with Gasteiger partial charge in [-0.3, -0.25) is 14.5 Å². The number of halogens is 1. The number of aromatic nitrogens is 2. The number of hydrogen-bond donors (Lipinski definition) is 0. The molecule has 1 aliphatic rings. The lowest BCUT2D eigenvalue weighted by Crippen LogP contribution is -2.47. The molecule has 2 heterocycles. The molecule has 1 atom stereocenters. The predicted molar refractivity (Wildman–Crippen MR) is 147 cm³/mol. The minimum Gasteiger partial charge on any atom is -0.491 e. The number of imide groups is 1. The van der Waals surface area contributed by atoms with Gasteiger partial charge in [-0.25, -0.2) is 9.07 Å². The van der Waals surface area contributed by atoms with Crippen molar-refractivity contribution >= 4 is 17.9 Å². The first-order valence-corrected chi connectivity index (χ1v) is 13.1. The van der Waals surface area contributed by atoms with Crippen LogP contribution < -0.4 is 4.74 Å². The lowest BCUT2D eigenvalue weighted by atomic mass is 9.92. The van der Waals surface area contributed by atoms with Crippen molar-refractivity contribution in [3.8, 4) is 28.8 Å². The first-order valence-electron chi connectivity index (χ1n) is 13.1. The number of benzene rings is 2. The van der Waals surface area contributed by atoms with E-state index in [0.29, 0.717) is 35.4 Å². The number of hydrogen-bond acceptors (Lipinski definition) is 5. The topological polar surface area (TPSA) is 88.2 Å². The van der Waals surface area contributed by atoms with E-state index in [4.69, 9.17) is 9.84 Å². The lowest BCUT2D eigenvalue weighted by Gasteiger charge is -2.31. The molecule has 39 heavy (non-hydrogen) atoms. The molecular weight excluding hydrogens is 495 g/mol. The molecule has 0 N–H and O–H groups in total. The van der Waals surface area contributed by atoms with Gasteiger partial charge in [0.2, 0.25) is 0 Å². The van der Waals surface area contributed by atoms with Crippen LogP contribution >= 0.6 is 0 Å². The average molecular weight is 527 g/mol. The van der Waals surface area contributed by atoms with E-state index < -0.39 is 17.6 Å². The maximum absolute atomic E-state index is 15.0. The fourth-order valence-electron chi connectivity index (χ4n) is 4.36. The predicted octanol–water partition coefficient (Wildman–Crippen LogP) is 6.25. The van der Waals surface area contributed by atoms with Gasteiger partial charge in [0, 0.05) is 28.9 Å². The standard InChI is InChI=1S/C31H31FN4O3/c1-5-7-15-39-28-14-13-22(17-27(28)32)29-23(19-35(34-29)24-11-9-8-10-12-24)16-25-21(4)26(18-33)31(38)36(30(25)37)20(3)6-2/h8-14,16-17,19-20H,5-7,15H2,1-4H3/b25-16+. The number of carbonyl (C=O) groups excluding carboxylic acids is 2. The highest BCUT2D eigenvalue weighted by atomic mass is 19.1. The van der Waals surface area contributed by atoms with Crippen molar-refractivity contribution in [1.82, 2.24) is 14.7 Å². The van der Waals surface area contributed by atoms with Gasteiger partial charge in [-0.1, -0.05) is 38.5 Å². The van der Waals surface area contributed by atoms with E-state index in [2.05, 4.69) is 0 Å². The molecule has 0 spiro atoms. The smallest absolute Gasteiger partial charge is 0.271 e. The van der Waals surface area contributed by atoms with Gasteiger partial charge < -0.3 is 4.74 Å². The third-order valence-corrected chi connectivity index (χ3v) is 6.83. The summed E-state index contributed by atoms with van der Waals surface area (Å²) in [6.45, 7) is 7.70. The number of para-hydroxylation sites is 1. The SMILES string of the molecule is CCCCOc1ccc(-c2nn(-c3ccccc3)cc2/C=C2/C(=O)N(C(C)CC)C(=O)C(C#N)=C2C)cc1F. The Labute approximate surface area is 227 Å². The molecule has 0 bridgehead atoms. The summed E-state index contributed by atoms with van der Waals surface area (Å²) in [5.74, 6) is -1.42. The highest BCUT2D eigenvalue weighted by molar-refractivity contribution is 6.20. The van der Waals surface area contributed by atoms with Crippen molar-refractivity contribution in [3.05, 3.63) is 82.8 Å². The van der Waals surface area contributed by atoms with E-state index in [0.717, 1.165) is 23.4 Å². The largest absolute Gasteiger partial charge is 0.491 e. The zero-order chi connectivity index (χ0) is 28.1. The molecule has 3 aromatic rings. The van der Waals surface area contributed by atoms with Gasteiger partial charge >= 0.3 is 0 Å². The van der Waals surface area contributed by atoms with Crippen LogP contribution in [0.4, 0.5) is 4.39 Å². The Bertz CT molecular complexity index is 1500. The van der Waals surface area contributed by atoms with Gasteiger partial charge in [-0.05, 0) is 68.7 Å². The maximum Gasteiger partial charge on any atom is 0.271 e. The summed E-state index contributed by atoms with van der Waals surface area (Å²) in [5.41, 5.74) is 2.71. The molecule has 0 saturated heterocycles. The van der Waals surface area contributed by atoms with Crippen LogP contribution in [0.2, 0.25) is 0 Å². The van der Waals surface area contributed by atoms with E-state index in [-0.39, 0.29) is 22.9 Å². The molecule has 1 aliphatic heterocycles. The van der Waals surface area contributed by atoms with Crippen LogP contribution in [0.1, 0.15) is 52.5 Å². The molecule has 2 aromatic carbocycles. The van der Waals surface area contributed by atoms with Crippen molar-refractivity contribution in [2.75, 3.05) is 6.61 Å². The second kappa shape index (κ2) is 11.9. The summed E-state index contributed by atoms with van der Waals surface area (Å²) in [6.07, 6.45) is 5.68. The van der Waals surface area contributed by atoms with Gasteiger partial charge in [0.1, 0.15) is 17.3 Å². The second-order valence-electron chi connectivity index (χ2n) is 9.47. The van der Waals surface area contributed by atoms with Crippen LogP contribution in [0.5, 0.6) is 5.75 Å². The molecule has 4 rings (SSSR count). The van der Waals surface area contributed by atoms with Gasteiger partial charge in [0.05, 0.1) is 12.3 Å². The first-order chi connectivity index (χ1) is 18.8. The van der Waals surface area contributed by atoms with Crippen molar-refractivity contribution in [2.24, 2.45) is 0 Å². The third kappa shape index (κ3) is 5.53. The van der Waals surface area contributed by atoms with Crippen LogP contribution in [-0.2, 0) is 9.59 Å². The molecular formula is C31H31FN4O3. The van der Waals surface area contributed by atoms with Crippen LogP contribution in [0.3, 0.4) is 0 Å². The summed E-state index contributed by atoms with van der Waals surface area (Å²) in [5, 5.41) is 14.5. The Hall–Kier alpha value is -4.51. The summed E-state index contributed by atoms with van der Waals surface area (Å²) in [4.78, 5) is 27.6. The zero-order valence-corrected chi connectivity index (χ0v) is 22.6. The van der Waals surface area contributed by atoms with E-state index >= 15 is 4.39 Å². The van der Waals surface area contributed by atoms with Gasteiger partial charge in [0.25, 0.3) is 11.8 Å². The molecule has 8 heteroatoms. The third-order valence-electron chi connectivity index (χ3n) is 6.83. The fraction of sp³-hybridized carbons (Fsp3) is 0.290. The van der Waals surface area contributed by atoms with E-state index in [9.17, 15) is 14.9 Å². The number of nitriles is 1. The van der Waals surface area contributed by atoms with E-state index in [1.807, 2.05) is 50.2 Å². The molecule has 7 nitrogen and oxygen atoms in total. The van der Waals surface area contributed by atoms with Crippen LogP contribution in [0.15, 0.2) is 71.4 Å². The molecule has 1 aromatic heterocycles. The number of unbranched alkanes of at least 4 members (excludes halogenated alkanes) is 1. The number of rotatable bonds is 9. The highest BCUT2D eigenvalue weighted by Gasteiger charge is 2.37. The van der Waals surface area contributed by atoms with Crippen LogP contribution in [0.25, 0.3) is 23.0 Å². The molecule has 0 saturated carbocycles. The molecule has 0 aliphatic carbocycles. The summed E-state index contributed by atoms with van der Waals surface area (Å²) in [7, 11) is 0. The van der Waals surface area contributed by atoms with Crippen LogP contribution in [0, 0.1) is 17.1 Å². The van der Waals surface area contributed by atoms with Crippen molar-refractivity contribution in [1.29, 1.82) is 5.26 Å². The molecule has 0 radical (unpaired) electrons. The fourth-order valence-corrected chi connectivity index (χ4v) is 4.36. The first kappa shape index (κ1) is 27.5. The van der Waals surface area contributed by atoms with E-state index in [1.165, 1.54) is 6.07 Å². The Balaban J connectivity index is 1.87. The normalized spacial score (nSPS) is 15.6. The van der Waals surface area contributed by atoms with Gasteiger partial charge in [-0.2, -0.15) is 10.4 Å². The monoisotopic (exact) mass is 526 g/mol. The van der Waals surface area contributed by atoms with Gasteiger partial charge in [-0.15, -0.1) is 0 Å².